The zero-order chi connectivity index (χ0) is 20.1. The van der Waals surface area contributed by atoms with Crippen LogP contribution < -0.4 is 5.43 Å². The van der Waals surface area contributed by atoms with Gasteiger partial charge in [0, 0.05) is 37.1 Å². The van der Waals surface area contributed by atoms with E-state index in [0.29, 0.717) is 18.9 Å². The van der Waals surface area contributed by atoms with Crippen molar-refractivity contribution < 1.29 is 18.1 Å². The summed E-state index contributed by atoms with van der Waals surface area (Å²) in [6.07, 6.45) is 3.23. The first kappa shape index (κ1) is 19.9. The first-order valence-electron chi connectivity index (χ1n) is 8.46. The summed E-state index contributed by atoms with van der Waals surface area (Å²) in [7, 11) is -3.83. The second-order valence-electron chi connectivity index (χ2n) is 6.00. The van der Waals surface area contributed by atoms with E-state index in [0.717, 1.165) is 11.6 Å². The molecule has 0 amide bonds. The van der Waals surface area contributed by atoms with Gasteiger partial charge in [0.05, 0.1) is 28.7 Å². The highest BCUT2D eigenvalue weighted by Crippen LogP contribution is 2.29. The van der Waals surface area contributed by atoms with Crippen LogP contribution in [0.2, 0.25) is 0 Å². The fraction of sp³-hybridized carbons (Fsp3) is 0.294. The lowest BCUT2D eigenvalue weighted by atomic mass is 10.2. The van der Waals surface area contributed by atoms with Gasteiger partial charge in [-0.25, -0.2) is 8.42 Å². The zero-order valence-corrected chi connectivity index (χ0v) is 15.9. The van der Waals surface area contributed by atoms with Crippen LogP contribution >= 0.6 is 0 Å². The third kappa shape index (κ3) is 4.32. The van der Waals surface area contributed by atoms with E-state index in [-0.39, 0.29) is 29.4 Å². The van der Waals surface area contributed by atoms with Crippen molar-refractivity contribution in [1.82, 2.24) is 9.29 Å². The average molecular weight is 405 g/mol. The standard InChI is InChI=1S/C17H19N5O5S/c1-13(14-4-6-18-7-5-14)19-20-16-3-2-15(12-17(16)22(23)24)28(25,26)21-8-10-27-11-9-21/h2-7,12,20H,8-11H2,1H3/b19-13-. The van der Waals surface area contributed by atoms with Crippen LogP contribution in [0.1, 0.15) is 12.5 Å². The minimum Gasteiger partial charge on any atom is -0.379 e. The number of nitro groups is 1. The van der Waals surface area contributed by atoms with Gasteiger partial charge in [0.25, 0.3) is 5.69 Å². The van der Waals surface area contributed by atoms with Gasteiger partial charge in [0.1, 0.15) is 5.69 Å². The number of morpholine rings is 1. The summed E-state index contributed by atoms with van der Waals surface area (Å²) in [4.78, 5) is 14.6. The Balaban J connectivity index is 1.88. The highest BCUT2D eigenvalue weighted by atomic mass is 32.2. The van der Waals surface area contributed by atoms with Crippen LogP contribution in [0.25, 0.3) is 0 Å². The predicted octanol–water partition coefficient (Wildman–Crippen LogP) is 1.85. The number of nitrogens with one attached hydrogen (secondary N) is 1. The van der Waals surface area contributed by atoms with E-state index in [1.807, 2.05) is 0 Å². The Hall–Kier alpha value is -2.89. The molecule has 11 heteroatoms. The maximum atomic E-state index is 12.7. The number of rotatable bonds is 6. The summed E-state index contributed by atoms with van der Waals surface area (Å²) < 4.78 is 31.9. The molecule has 10 nitrogen and oxygen atoms in total. The molecule has 1 N–H and O–H groups in total. The number of hydrazone groups is 1. The molecule has 28 heavy (non-hydrogen) atoms. The van der Waals surface area contributed by atoms with Gasteiger partial charge in [0.2, 0.25) is 10.0 Å². The van der Waals surface area contributed by atoms with Crippen LogP contribution in [0, 0.1) is 10.1 Å². The molecule has 1 saturated heterocycles. The number of aromatic nitrogens is 1. The van der Waals surface area contributed by atoms with Gasteiger partial charge < -0.3 is 4.74 Å². The second-order valence-corrected chi connectivity index (χ2v) is 7.94. The molecule has 0 saturated carbocycles. The molecule has 0 unspecified atom stereocenters. The Kier molecular flexibility index (Phi) is 5.97. The van der Waals surface area contributed by atoms with Crippen molar-refractivity contribution in [2.24, 2.45) is 5.10 Å². The maximum absolute atomic E-state index is 12.7. The topological polar surface area (TPSA) is 127 Å². The molecule has 1 aliphatic heterocycles. The average Bonchev–Trinajstić information content (AvgIpc) is 2.73. The van der Waals surface area contributed by atoms with Crippen LogP contribution in [0.3, 0.4) is 0 Å². The molecule has 0 atom stereocenters. The lowest BCUT2D eigenvalue weighted by Crippen LogP contribution is -2.40. The van der Waals surface area contributed by atoms with Gasteiger partial charge in [0.15, 0.2) is 0 Å². The second kappa shape index (κ2) is 8.42. The fourth-order valence-electron chi connectivity index (χ4n) is 2.66. The third-order valence-electron chi connectivity index (χ3n) is 4.22. The Morgan fingerprint density at radius 3 is 2.57 bits per heavy atom. The summed E-state index contributed by atoms with van der Waals surface area (Å²) >= 11 is 0. The van der Waals surface area contributed by atoms with E-state index in [4.69, 9.17) is 4.74 Å². The maximum Gasteiger partial charge on any atom is 0.295 e. The van der Waals surface area contributed by atoms with Gasteiger partial charge in [-0.1, -0.05) is 0 Å². The lowest BCUT2D eigenvalue weighted by molar-refractivity contribution is -0.384. The van der Waals surface area contributed by atoms with E-state index in [2.05, 4.69) is 15.5 Å². The number of anilines is 1. The summed E-state index contributed by atoms with van der Waals surface area (Å²) in [5.74, 6) is 0. The van der Waals surface area contributed by atoms with Crippen molar-refractivity contribution >= 4 is 27.1 Å². The van der Waals surface area contributed by atoms with Crippen LogP contribution in [0.4, 0.5) is 11.4 Å². The molecule has 2 heterocycles. The number of nitrogens with zero attached hydrogens (tertiary/aromatic N) is 4. The molecule has 148 valence electrons. The van der Waals surface area contributed by atoms with E-state index in [1.54, 1.807) is 31.5 Å². The van der Waals surface area contributed by atoms with Gasteiger partial charge in [-0.2, -0.15) is 9.41 Å². The number of hydrogen-bond acceptors (Lipinski definition) is 8. The minimum atomic E-state index is -3.83. The van der Waals surface area contributed by atoms with Gasteiger partial charge in [-0.3, -0.25) is 20.5 Å². The van der Waals surface area contributed by atoms with Gasteiger partial charge in [-0.05, 0) is 31.2 Å². The largest absolute Gasteiger partial charge is 0.379 e. The van der Waals surface area contributed by atoms with Gasteiger partial charge >= 0.3 is 0 Å². The number of benzene rings is 1. The Morgan fingerprint density at radius 1 is 1.25 bits per heavy atom. The highest BCUT2D eigenvalue weighted by Gasteiger charge is 2.28. The van der Waals surface area contributed by atoms with Crippen molar-refractivity contribution in [2.75, 3.05) is 31.7 Å². The first-order chi connectivity index (χ1) is 13.4. The normalized spacial score (nSPS) is 16.0. The molecule has 0 aliphatic carbocycles. The summed E-state index contributed by atoms with van der Waals surface area (Å²) in [6.45, 7) is 2.76. The number of nitro benzene ring substituents is 1. The van der Waals surface area contributed by atoms with Crippen LogP contribution in [-0.2, 0) is 14.8 Å². The number of ether oxygens (including phenoxy) is 1. The molecule has 0 bridgehead atoms. The first-order valence-corrected chi connectivity index (χ1v) is 9.90. The molecule has 2 aromatic rings. The molecular weight excluding hydrogens is 386 g/mol. The van der Waals surface area contributed by atoms with Crippen molar-refractivity contribution in [1.29, 1.82) is 0 Å². The fourth-order valence-corrected chi connectivity index (χ4v) is 4.08. The van der Waals surface area contributed by atoms with E-state index in [9.17, 15) is 18.5 Å². The van der Waals surface area contributed by atoms with Crippen molar-refractivity contribution in [2.45, 2.75) is 11.8 Å². The van der Waals surface area contributed by atoms with Crippen molar-refractivity contribution in [3.63, 3.8) is 0 Å². The zero-order valence-electron chi connectivity index (χ0n) is 15.1. The summed E-state index contributed by atoms with van der Waals surface area (Å²) in [5, 5.41) is 15.6. The third-order valence-corrected chi connectivity index (χ3v) is 6.11. The van der Waals surface area contributed by atoms with Crippen LogP contribution in [-0.4, -0.2) is 54.6 Å². The number of hydrogen-bond donors (Lipinski definition) is 1. The molecule has 0 radical (unpaired) electrons. The molecule has 0 spiro atoms. The van der Waals surface area contributed by atoms with E-state index >= 15 is 0 Å². The summed E-state index contributed by atoms with van der Waals surface area (Å²) in [6, 6.07) is 7.23. The Labute approximate surface area is 162 Å². The molecule has 1 aromatic carbocycles. The van der Waals surface area contributed by atoms with Crippen molar-refractivity contribution in [3.8, 4) is 0 Å². The highest BCUT2D eigenvalue weighted by molar-refractivity contribution is 7.89. The molecular formula is C17H19N5O5S. The van der Waals surface area contributed by atoms with Crippen LogP contribution in [0.15, 0.2) is 52.7 Å². The molecule has 1 fully saturated rings. The lowest BCUT2D eigenvalue weighted by Gasteiger charge is -2.26. The quantitative estimate of drug-likeness (QED) is 0.441. The summed E-state index contributed by atoms with van der Waals surface area (Å²) in [5.41, 5.74) is 3.77. The van der Waals surface area contributed by atoms with Crippen LogP contribution in [0.5, 0.6) is 0 Å². The SMILES string of the molecule is C/C(=N/Nc1ccc(S(=O)(=O)N2CCOCC2)cc1[N+](=O)[O-])c1ccncc1. The van der Waals surface area contributed by atoms with Gasteiger partial charge in [-0.15, -0.1) is 0 Å². The number of pyridine rings is 1. The van der Waals surface area contributed by atoms with E-state index < -0.39 is 14.9 Å². The minimum absolute atomic E-state index is 0.0966. The van der Waals surface area contributed by atoms with Crippen molar-refractivity contribution in [3.05, 3.63) is 58.4 Å². The monoisotopic (exact) mass is 405 g/mol. The predicted molar refractivity (Wildman–Crippen MR) is 103 cm³/mol. The Bertz CT molecular complexity index is 988. The van der Waals surface area contributed by atoms with E-state index in [1.165, 1.54) is 16.4 Å². The molecule has 1 aromatic heterocycles. The number of sulfonamides is 1. The smallest absolute Gasteiger partial charge is 0.295 e. The Morgan fingerprint density at radius 2 is 1.93 bits per heavy atom. The molecule has 1 aliphatic rings. The molecule has 3 rings (SSSR count).